The van der Waals surface area contributed by atoms with Crippen LogP contribution in [0.3, 0.4) is 0 Å². The molecule has 0 aromatic heterocycles. The molecule has 2 heterocycles. The first-order valence-electron chi connectivity index (χ1n) is 2.94. The SMILES string of the molecule is O=C1O[C@H]2[C@H](O)OC[C@H]2O1. The fraction of sp³-hybridized carbons (Fsp3) is 0.800. The van der Waals surface area contributed by atoms with Crippen molar-refractivity contribution in [3.05, 3.63) is 0 Å². The lowest BCUT2D eigenvalue weighted by molar-refractivity contribution is -0.108. The minimum absolute atomic E-state index is 0.220. The normalized spacial score (nSPS) is 44.5. The van der Waals surface area contributed by atoms with E-state index in [9.17, 15) is 4.79 Å². The highest BCUT2D eigenvalue weighted by Crippen LogP contribution is 2.24. The fourth-order valence-electron chi connectivity index (χ4n) is 1.06. The smallest absolute Gasteiger partial charge is 0.424 e. The lowest BCUT2D eigenvalue weighted by atomic mass is 10.2. The van der Waals surface area contributed by atoms with Gasteiger partial charge in [0.25, 0.3) is 0 Å². The van der Waals surface area contributed by atoms with E-state index < -0.39 is 24.7 Å². The van der Waals surface area contributed by atoms with E-state index in [0.717, 1.165) is 0 Å². The maximum absolute atomic E-state index is 10.4. The summed E-state index contributed by atoms with van der Waals surface area (Å²) >= 11 is 0. The maximum Gasteiger partial charge on any atom is 0.509 e. The van der Waals surface area contributed by atoms with Crippen molar-refractivity contribution in [2.24, 2.45) is 0 Å². The number of carbonyl (C=O) groups is 1. The topological polar surface area (TPSA) is 65.0 Å². The number of carbonyl (C=O) groups excluding carboxylic acids is 1. The molecule has 0 unspecified atom stereocenters. The van der Waals surface area contributed by atoms with Gasteiger partial charge in [-0.2, -0.15) is 0 Å². The molecule has 0 radical (unpaired) electrons. The third-order valence-corrected chi connectivity index (χ3v) is 1.56. The van der Waals surface area contributed by atoms with Gasteiger partial charge in [-0.1, -0.05) is 0 Å². The van der Waals surface area contributed by atoms with Crippen LogP contribution >= 0.6 is 0 Å². The molecule has 2 saturated heterocycles. The van der Waals surface area contributed by atoms with Gasteiger partial charge in [-0.25, -0.2) is 4.79 Å². The van der Waals surface area contributed by atoms with Gasteiger partial charge in [-0.15, -0.1) is 0 Å². The Morgan fingerprint density at radius 2 is 2.30 bits per heavy atom. The van der Waals surface area contributed by atoms with Gasteiger partial charge in [-0.3, -0.25) is 0 Å². The van der Waals surface area contributed by atoms with E-state index in [0.29, 0.717) is 0 Å². The average molecular weight is 146 g/mol. The van der Waals surface area contributed by atoms with Gasteiger partial charge in [-0.05, 0) is 0 Å². The molecule has 2 aliphatic heterocycles. The zero-order valence-corrected chi connectivity index (χ0v) is 5.02. The van der Waals surface area contributed by atoms with Crippen LogP contribution in [-0.4, -0.2) is 36.4 Å². The zero-order valence-electron chi connectivity index (χ0n) is 5.02. The lowest BCUT2D eigenvalue weighted by Gasteiger charge is -2.05. The van der Waals surface area contributed by atoms with Crippen LogP contribution < -0.4 is 0 Å². The van der Waals surface area contributed by atoms with E-state index in [4.69, 9.17) is 9.84 Å². The molecule has 10 heavy (non-hydrogen) atoms. The molecule has 0 amide bonds. The second-order valence-electron chi connectivity index (χ2n) is 2.21. The van der Waals surface area contributed by atoms with Crippen molar-refractivity contribution in [2.45, 2.75) is 18.5 Å². The summed E-state index contributed by atoms with van der Waals surface area (Å²) in [6, 6.07) is 0. The van der Waals surface area contributed by atoms with Gasteiger partial charge in [0.05, 0.1) is 6.61 Å². The molecule has 2 rings (SSSR count). The molecule has 2 aliphatic rings. The summed E-state index contributed by atoms with van der Waals surface area (Å²) in [6.45, 7) is 0.220. The molecule has 0 saturated carbocycles. The number of aliphatic hydroxyl groups excluding tert-OH is 1. The van der Waals surface area contributed by atoms with Crippen molar-refractivity contribution in [1.29, 1.82) is 0 Å². The van der Waals surface area contributed by atoms with E-state index in [1.165, 1.54) is 0 Å². The van der Waals surface area contributed by atoms with E-state index >= 15 is 0 Å². The summed E-state index contributed by atoms with van der Waals surface area (Å²) in [6.07, 6.45) is -2.77. The number of fused-ring (bicyclic) bond motifs is 1. The van der Waals surface area contributed by atoms with Crippen LogP contribution in [0.4, 0.5) is 4.79 Å². The number of aliphatic hydroxyl groups is 1. The van der Waals surface area contributed by atoms with Gasteiger partial charge >= 0.3 is 6.16 Å². The summed E-state index contributed by atoms with van der Waals surface area (Å²) in [5.74, 6) is 0. The van der Waals surface area contributed by atoms with Crippen LogP contribution in [0, 0.1) is 0 Å². The van der Waals surface area contributed by atoms with Crippen LogP contribution in [0.2, 0.25) is 0 Å². The molecule has 0 bridgehead atoms. The molecule has 56 valence electrons. The first-order valence-corrected chi connectivity index (χ1v) is 2.94. The van der Waals surface area contributed by atoms with Crippen LogP contribution in [0.5, 0.6) is 0 Å². The third-order valence-electron chi connectivity index (χ3n) is 1.56. The highest BCUT2D eigenvalue weighted by molar-refractivity contribution is 5.62. The van der Waals surface area contributed by atoms with Crippen molar-refractivity contribution in [2.75, 3.05) is 6.61 Å². The molecule has 5 heteroatoms. The Bertz CT molecular complexity index is 167. The Labute approximate surface area is 56.5 Å². The van der Waals surface area contributed by atoms with Gasteiger partial charge in [0.15, 0.2) is 18.5 Å². The number of hydrogen-bond donors (Lipinski definition) is 1. The zero-order chi connectivity index (χ0) is 7.14. The van der Waals surface area contributed by atoms with Crippen molar-refractivity contribution in [1.82, 2.24) is 0 Å². The third kappa shape index (κ3) is 0.676. The van der Waals surface area contributed by atoms with Crippen LogP contribution in [-0.2, 0) is 14.2 Å². The standard InChI is InChI=1S/C5H6O5/c6-4-3-2(1-8-4)9-5(7)10-3/h2-4,6H,1H2/t2-,3-,4-/m1/s1. The summed E-state index contributed by atoms with van der Waals surface area (Å²) in [7, 11) is 0. The molecular formula is C5H6O5. The summed E-state index contributed by atoms with van der Waals surface area (Å²) < 4.78 is 13.9. The maximum atomic E-state index is 10.4. The molecule has 5 nitrogen and oxygen atoms in total. The largest absolute Gasteiger partial charge is 0.509 e. The highest BCUT2D eigenvalue weighted by Gasteiger charge is 2.47. The first kappa shape index (κ1) is 5.94. The summed E-state index contributed by atoms with van der Waals surface area (Å²) in [4.78, 5) is 10.4. The van der Waals surface area contributed by atoms with Crippen molar-refractivity contribution in [3.63, 3.8) is 0 Å². The van der Waals surface area contributed by atoms with Crippen molar-refractivity contribution in [3.8, 4) is 0 Å². The number of hydrogen-bond acceptors (Lipinski definition) is 5. The van der Waals surface area contributed by atoms with E-state index in [1.54, 1.807) is 0 Å². The average Bonchev–Trinajstić information content (AvgIpc) is 2.35. The molecule has 2 fully saturated rings. The van der Waals surface area contributed by atoms with Crippen LogP contribution in [0.1, 0.15) is 0 Å². The van der Waals surface area contributed by atoms with Crippen molar-refractivity contribution >= 4 is 6.16 Å². The number of rotatable bonds is 0. The Morgan fingerprint density at radius 3 is 3.00 bits per heavy atom. The van der Waals surface area contributed by atoms with Crippen molar-refractivity contribution < 1.29 is 24.1 Å². The summed E-state index contributed by atoms with van der Waals surface area (Å²) in [5.41, 5.74) is 0. The Kier molecular flexibility index (Phi) is 1.09. The fourth-order valence-corrected chi connectivity index (χ4v) is 1.06. The molecular weight excluding hydrogens is 140 g/mol. The predicted octanol–water partition coefficient (Wildman–Crippen LogP) is -0.761. The van der Waals surface area contributed by atoms with Gasteiger partial charge in [0.1, 0.15) is 0 Å². The van der Waals surface area contributed by atoms with Gasteiger partial charge in [0, 0.05) is 0 Å². The number of ether oxygens (including phenoxy) is 3. The minimum atomic E-state index is -1.02. The monoisotopic (exact) mass is 146 g/mol. The molecule has 0 aromatic carbocycles. The van der Waals surface area contributed by atoms with Crippen LogP contribution in [0.25, 0.3) is 0 Å². The molecule has 3 atom stereocenters. The molecule has 0 aromatic rings. The Morgan fingerprint density at radius 1 is 1.50 bits per heavy atom. The highest BCUT2D eigenvalue weighted by atomic mass is 16.8. The quantitative estimate of drug-likeness (QED) is 0.455. The van der Waals surface area contributed by atoms with E-state index in [2.05, 4.69) is 9.47 Å². The van der Waals surface area contributed by atoms with Gasteiger partial charge in [0.2, 0.25) is 0 Å². The Hall–Kier alpha value is -0.810. The second-order valence-corrected chi connectivity index (χ2v) is 2.21. The second kappa shape index (κ2) is 1.83. The molecule has 0 aliphatic carbocycles. The predicted molar refractivity (Wildman–Crippen MR) is 27.1 cm³/mol. The minimum Gasteiger partial charge on any atom is -0.424 e. The summed E-state index contributed by atoms with van der Waals surface area (Å²) in [5, 5.41) is 8.94. The first-order chi connectivity index (χ1) is 4.77. The van der Waals surface area contributed by atoms with Gasteiger partial charge < -0.3 is 19.3 Å². The molecule has 0 spiro atoms. The van der Waals surface area contributed by atoms with E-state index in [1.807, 2.05) is 0 Å². The molecule has 1 N–H and O–H groups in total. The Balaban J connectivity index is 2.12. The van der Waals surface area contributed by atoms with Crippen LogP contribution in [0.15, 0.2) is 0 Å². The van der Waals surface area contributed by atoms with E-state index in [-0.39, 0.29) is 6.61 Å². The lowest BCUT2D eigenvalue weighted by Crippen LogP contribution is -2.26.